The minimum absolute atomic E-state index is 0.250. The molecule has 0 saturated heterocycles. The lowest BCUT2D eigenvalue weighted by molar-refractivity contribution is 0.127. The first-order chi connectivity index (χ1) is 13.1. The van der Waals surface area contributed by atoms with E-state index in [-0.39, 0.29) is 6.61 Å². The highest BCUT2D eigenvalue weighted by molar-refractivity contribution is 5.17. The zero-order valence-corrected chi connectivity index (χ0v) is 19.3. The Labute approximate surface area is 172 Å². The molecule has 2 aliphatic carbocycles. The zero-order chi connectivity index (χ0) is 21.7. The molecule has 2 saturated carbocycles. The van der Waals surface area contributed by atoms with E-state index >= 15 is 0 Å². The normalized spacial score (nSPS) is 26.4. The molecule has 1 N–H and O–H groups in total. The van der Waals surface area contributed by atoms with Gasteiger partial charge in [-0.05, 0) is 69.6 Å². The van der Waals surface area contributed by atoms with Gasteiger partial charge in [-0.15, -0.1) is 25.7 Å². The summed E-state index contributed by atoms with van der Waals surface area (Å²) in [7, 11) is 0. The summed E-state index contributed by atoms with van der Waals surface area (Å²) in [6, 6.07) is 0. The first-order valence-electron chi connectivity index (χ1n) is 11.1. The summed E-state index contributed by atoms with van der Waals surface area (Å²) in [5.74, 6) is 1.96. The van der Waals surface area contributed by atoms with Gasteiger partial charge < -0.3 is 5.11 Å². The number of fused-ring (bicyclic) bond motifs is 1. The standard InChI is InChI=1S/C18H32.C2H6O.C2H6.2C2H2/c1-4-6-7-8-11-16-12-13-17-15(5-2)10-9-14-18(16,17)3;1-2-3;3*1-2/h5,16-17H,4,6-14H2,1-3H3;3H,2H2,1H3;1-2H3;2*1-2H/b15-5+;;;;. The molecule has 1 nitrogen and oxygen atoms in total. The Morgan fingerprint density at radius 3 is 2.07 bits per heavy atom. The van der Waals surface area contributed by atoms with Crippen LogP contribution in [0.15, 0.2) is 11.6 Å². The third kappa shape index (κ3) is 10.7. The Morgan fingerprint density at radius 2 is 1.59 bits per heavy atom. The number of hydrogen-bond acceptors (Lipinski definition) is 1. The molecule has 2 aliphatic rings. The molecular weight excluding hydrogens is 328 g/mol. The van der Waals surface area contributed by atoms with Crippen molar-refractivity contribution in [3.63, 3.8) is 0 Å². The molecule has 1 heteroatoms. The SMILES string of the molecule is C#C.C#C.C/C=C1\CCCC2(C)C(CCCCCC)CCC12.CC.CCO. The Balaban J connectivity index is -0.000000555. The van der Waals surface area contributed by atoms with Crippen LogP contribution < -0.4 is 0 Å². The van der Waals surface area contributed by atoms with Crippen molar-refractivity contribution in [2.24, 2.45) is 17.3 Å². The summed E-state index contributed by atoms with van der Waals surface area (Å²) in [6.45, 7) is 13.1. The fraction of sp³-hybridized carbons (Fsp3) is 0.769. The number of aliphatic hydroxyl groups is 1. The number of allylic oxidation sites excluding steroid dienone is 2. The van der Waals surface area contributed by atoms with Gasteiger partial charge in [0.25, 0.3) is 0 Å². The van der Waals surface area contributed by atoms with Gasteiger partial charge in [0.15, 0.2) is 0 Å². The van der Waals surface area contributed by atoms with Crippen LogP contribution in [-0.4, -0.2) is 11.7 Å². The van der Waals surface area contributed by atoms with Crippen LogP contribution >= 0.6 is 0 Å². The van der Waals surface area contributed by atoms with E-state index in [1.54, 1.807) is 12.5 Å². The van der Waals surface area contributed by atoms with E-state index in [1.807, 2.05) is 13.8 Å². The molecule has 27 heavy (non-hydrogen) atoms. The minimum atomic E-state index is 0.250. The summed E-state index contributed by atoms with van der Waals surface area (Å²) >= 11 is 0. The molecule has 0 aromatic rings. The summed E-state index contributed by atoms with van der Waals surface area (Å²) in [4.78, 5) is 0. The van der Waals surface area contributed by atoms with Crippen molar-refractivity contribution >= 4 is 0 Å². The van der Waals surface area contributed by atoms with Gasteiger partial charge in [-0.25, -0.2) is 0 Å². The van der Waals surface area contributed by atoms with Crippen LogP contribution in [0.25, 0.3) is 0 Å². The second-order valence-corrected chi connectivity index (χ2v) is 7.22. The highest BCUT2D eigenvalue weighted by Gasteiger charge is 2.48. The Morgan fingerprint density at radius 1 is 1.04 bits per heavy atom. The maximum atomic E-state index is 7.57. The minimum Gasteiger partial charge on any atom is -0.397 e. The molecule has 0 aromatic heterocycles. The van der Waals surface area contributed by atoms with Crippen LogP contribution in [0.3, 0.4) is 0 Å². The molecule has 3 unspecified atom stereocenters. The van der Waals surface area contributed by atoms with Crippen LogP contribution in [0.2, 0.25) is 0 Å². The largest absolute Gasteiger partial charge is 0.397 e. The second-order valence-electron chi connectivity index (χ2n) is 7.22. The Kier molecular flexibility index (Phi) is 23.9. The Bertz CT molecular complexity index is 370. The summed E-state index contributed by atoms with van der Waals surface area (Å²) in [6.07, 6.45) is 33.0. The van der Waals surface area contributed by atoms with E-state index in [0.717, 1.165) is 11.8 Å². The van der Waals surface area contributed by atoms with Gasteiger partial charge in [0, 0.05) is 6.61 Å². The fourth-order valence-corrected chi connectivity index (χ4v) is 4.78. The van der Waals surface area contributed by atoms with Gasteiger partial charge in [0.2, 0.25) is 0 Å². The van der Waals surface area contributed by atoms with Crippen LogP contribution in [-0.2, 0) is 0 Å². The van der Waals surface area contributed by atoms with Gasteiger partial charge in [0.05, 0.1) is 0 Å². The maximum Gasteiger partial charge on any atom is 0.0402 e. The monoisotopic (exact) mass is 376 g/mol. The smallest absolute Gasteiger partial charge is 0.0402 e. The fourth-order valence-electron chi connectivity index (χ4n) is 4.78. The van der Waals surface area contributed by atoms with Crippen molar-refractivity contribution in [1.82, 2.24) is 0 Å². The molecule has 3 atom stereocenters. The van der Waals surface area contributed by atoms with E-state index < -0.39 is 0 Å². The quantitative estimate of drug-likeness (QED) is 0.297. The molecule has 158 valence electrons. The molecule has 0 amide bonds. The number of terminal acetylenes is 2. The third-order valence-corrected chi connectivity index (χ3v) is 5.94. The summed E-state index contributed by atoms with van der Waals surface area (Å²) in [5, 5.41) is 7.57. The topological polar surface area (TPSA) is 20.2 Å². The third-order valence-electron chi connectivity index (χ3n) is 5.94. The van der Waals surface area contributed by atoms with Crippen molar-refractivity contribution < 1.29 is 5.11 Å². The molecule has 0 spiro atoms. The van der Waals surface area contributed by atoms with Crippen LogP contribution in [0, 0.1) is 42.9 Å². The first-order valence-corrected chi connectivity index (χ1v) is 11.1. The first kappa shape index (κ1) is 30.5. The lowest BCUT2D eigenvalue weighted by Gasteiger charge is -2.42. The number of aliphatic hydroxyl groups excluding tert-OH is 1. The molecule has 0 aliphatic heterocycles. The maximum absolute atomic E-state index is 7.57. The van der Waals surface area contributed by atoms with Gasteiger partial charge >= 0.3 is 0 Å². The van der Waals surface area contributed by atoms with Crippen molar-refractivity contribution in [3.8, 4) is 25.7 Å². The summed E-state index contributed by atoms with van der Waals surface area (Å²) in [5.41, 5.74) is 2.45. The second kappa shape index (κ2) is 21.1. The van der Waals surface area contributed by atoms with E-state index in [4.69, 9.17) is 5.11 Å². The number of hydrogen-bond donors (Lipinski definition) is 1. The number of unbranched alkanes of at least 4 members (excludes halogenated alkanes) is 3. The highest BCUT2D eigenvalue weighted by Crippen LogP contribution is 2.58. The van der Waals surface area contributed by atoms with Crippen LogP contribution in [0.5, 0.6) is 0 Å². The predicted molar refractivity (Wildman–Crippen MR) is 125 cm³/mol. The van der Waals surface area contributed by atoms with E-state index in [1.165, 1.54) is 64.2 Å². The van der Waals surface area contributed by atoms with Gasteiger partial charge in [-0.1, -0.05) is 65.0 Å². The molecule has 2 fully saturated rings. The Hall–Kier alpha value is -1.18. The highest BCUT2D eigenvalue weighted by atomic mass is 16.2. The van der Waals surface area contributed by atoms with Crippen LogP contribution in [0.4, 0.5) is 0 Å². The molecule has 2 rings (SSSR count). The predicted octanol–water partition coefficient (Wildman–Crippen LogP) is 7.64. The van der Waals surface area contributed by atoms with E-state index in [2.05, 4.69) is 52.5 Å². The summed E-state index contributed by atoms with van der Waals surface area (Å²) < 4.78 is 0. The molecule has 0 aromatic carbocycles. The van der Waals surface area contributed by atoms with Gasteiger partial charge in [0.1, 0.15) is 0 Å². The van der Waals surface area contributed by atoms with Crippen molar-refractivity contribution in [3.05, 3.63) is 11.6 Å². The lowest BCUT2D eigenvalue weighted by Crippen LogP contribution is -2.33. The van der Waals surface area contributed by atoms with E-state index in [9.17, 15) is 0 Å². The van der Waals surface area contributed by atoms with E-state index in [0.29, 0.717) is 5.41 Å². The van der Waals surface area contributed by atoms with Crippen molar-refractivity contribution in [1.29, 1.82) is 0 Å². The zero-order valence-electron chi connectivity index (χ0n) is 19.3. The van der Waals surface area contributed by atoms with Crippen molar-refractivity contribution in [2.45, 2.75) is 106 Å². The molecule has 0 radical (unpaired) electrons. The van der Waals surface area contributed by atoms with Gasteiger partial charge in [-0.3, -0.25) is 0 Å². The average Bonchev–Trinajstić information content (AvgIpc) is 3.07. The average molecular weight is 377 g/mol. The molecule has 0 bridgehead atoms. The van der Waals surface area contributed by atoms with Crippen molar-refractivity contribution in [2.75, 3.05) is 6.61 Å². The lowest BCUT2D eigenvalue weighted by atomic mass is 9.63. The molecular formula is C26H48O. The van der Waals surface area contributed by atoms with Crippen LogP contribution in [0.1, 0.15) is 106 Å². The number of rotatable bonds is 5. The van der Waals surface area contributed by atoms with Gasteiger partial charge in [-0.2, -0.15) is 0 Å². The molecule has 0 heterocycles.